The van der Waals surface area contributed by atoms with Gasteiger partial charge in [-0.25, -0.2) is 4.79 Å². The molecule has 0 amide bonds. The van der Waals surface area contributed by atoms with Gasteiger partial charge >= 0.3 is 12.6 Å². The first-order valence-electron chi connectivity index (χ1n) is 5.34. The highest BCUT2D eigenvalue weighted by molar-refractivity contribution is 5.97. The number of hydrogen-bond acceptors (Lipinski definition) is 5. The van der Waals surface area contributed by atoms with E-state index in [1.54, 1.807) is 6.07 Å². The largest absolute Gasteiger partial charge is 0.493 e. The van der Waals surface area contributed by atoms with Gasteiger partial charge in [0.1, 0.15) is 11.6 Å². The number of nitriles is 1. The quantitative estimate of drug-likeness (QED) is 0.471. The third-order valence-corrected chi connectivity index (χ3v) is 2.24. The number of esters is 1. The molecule has 0 radical (unpaired) electrons. The fourth-order valence-electron chi connectivity index (χ4n) is 1.38. The third kappa shape index (κ3) is 3.95. The zero-order valence-corrected chi connectivity index (χ0v) is 10.7. The van der Waals surface area contributed by atoms with Gasteiger partial charge in [0.2, 0.25) is 0 Å². The van der Waals surface area contributed by atoms with Gasteiger partial charge in [-0.1, -0.05) is 6.07 Å². The summed E-state index contributed by atoms with van der Waals surface area (Å²) in [5.41, 5.74) is 0.0593. The molecule has 0 aromatic heterocycles. The Hall–Kier alpha value is -2.62. The molecule has 0 saturated heterocycles. The molecule has 20 heavy (non-hydrogen) atoms. The summed E-state index contributed by atoms with van der Waals surface area (Å²) in [5.74, 6) is -0.905. The molecule has 0 atom stereocenters. The van der Waals surface area contributed by atoms with Crippen LogP contribution in [0.1, 0.15) is 5.56 Å². The van der Waals surface area contributed by atoms with E-state index in [1.165, 1.54) is 31.4 Å². The van der Waals surface area contributed by atoms with Crippen molar-refractivity contribution in [1.29, 1.82) is 5.26 Å². The smallest absolute Gasteiger partial charge is 0.387 e. The fourth-order valence-corrected chi connectivity index (χ4v) is 1.38. The van der Waals surface area contributed by atoms with Crippen molar-refractivity contribution >= 4 is 12.0 Å². The molecular weight excluding hydrogens is 272 g/mol. The first-order valence-corrected chi connectivity index (χ1v) is 5.34. The summed E-state index contributed by atoms with van der Waals surface area (Å²) >= 11 is 0. The van der Waals surface area contributed by atoms with E-state index in [9.17, 15) is 13.6 Å². The van der Waals surface area contributed by atoms with E-state index in [0.29, 0.717) is 5.56 Å². The van der Waals surface area contributed by atoms with Crippen LogP contribution in [0.2, 0.25) is 0 Å². The fraction of sp³-hybridized carbons (Fsp3) is 0.231. The number of hydrogen-bond donors (Lipinski definition) is 0. The van der Waals surface area contributed by atoms with Crippen LogP contribution in [-0.4, -0.2) is 26.8 Å². The summed E-state index contributed by atoms with van der Waals surface area (Å²) < 4.78 is 38.1. The Labute approximate surface area is 114 Å². The first kappa shape index (κ1) is 15.4. The van der Waals surface area contributed by atoms with Gasteiger partial charge < -0.3 is 14.2 Å². The molecule has 0 aliphatic rings. The van der Waals surface area contributed by atoms with E-state index in [-0.39, 0.29) is 17.1 Å². The SMILES string of the molecule is COC(=O)/C(C#N)=C/c1ccc(OC)c(OC(F)F)c1. The predicted molar refractivity (Wildman–Crippen MR) is 65.2 cm³/mol. The van der Waals surface area contributed by atoms with E-state index in [2.05, 4.69) is 9.47 Å². The summed E-state index contributed by atoms with van der Waals surface area (Å²) in [4.78, 5) is 11.2. The van der Waals surface area contributed by atoms with Crippen molar-refractivity contribution < 1.29 is 27.8 Å². The maximum atomic E-state index is 12.3. The molecule has 0 spiro atoms. The Kier molecular flexibility index (Phi) is 5.47. The minimum atomic E-state index is -3.01. The topological polar surface area (TPSA) is 68.6 Å². The Morgan fingerprint density at radius 3 is 2.55 bits per heavy atom. The van der Waals surface area contributed by atoms with Crippen molar-refractivity contribution in [2.45, 2.75) is 6.61 Å². The molecule has 1 aromatic carbocycles. The van der Waals surface area contributed by atoms with Gasteiger partial charge in [-0.2, -0.15) is 14.0 Å². The van der Waals surface area contributed by atoms with Crippen LogP contribution in [0.3, 0.4) is 0 Å². The number of carbonyl (C=O) groups is 1. The number of ether oxygens (including phenoxy) is 3. The Bertz CT molecular complexity index is 564. The van der Waals surface area contributed by atoms with E-state index >= 15 is 0 Å². The summed E-state index contributed by atoms with van der Waals surface area (Å²) in [7, 11) is 2.44. The van der Waals surface area contributed by atoms with Crippen LogP contribution in [0.4, 0.5) is 8.78 Å². The molecule has 0 unspecified atom stereocenters. The number of halogens is 2. The highest BCUT2D eigenvalue weighted by atomic mass is 19.3. The molecule has 0 bridgehead atoms. The van der Waals surface area contributed by atoms with E-state index in [4.69, 9.17) is 10.00 Å². The second-order valence-corrected chi connectivity index (χ2v) is 3.45. The number of benzene rings is 1. The number of rotatable bonds is 5. The molecule has 0 N–H and O–H groups in total. The van der Waals surface area contributed by atoms with Crippen molar-refractivity contribution in [3.8, 4) is 17.6 Å². The second kappa shape index (κ2) is 7.09. The Balaban J connectivity index is 3.17. The lowest BCUT2D eigenvalue weighted by molar-refractivity contribution is -0.135. The zero-order valence-electron chi connectivity index (χ0n) is 10.7. The third-order valence-electron chi connectivity index (χ3n) is 2.24. The molecule has 7 heteroatoms. The van der Waals surface area contributed by atoms with Gasteiger partial charge in [-0.05, 0) is 23.8 Å². The predicted octanol–water partition coefficient (Wildman–Crippen LogP) is 2.38. The zero-order chi connectivity index (χ0) is 15.1. The molecule has 106 valence electrons. The van der Waals surface area contributed by atoms with Gasteiger partial charge in [0, 0.05) is 0 Å². The average Bonchev–Trinajstić information content (AvgIpc) is 2.43. The summed E-state index contributed by atoms with van der Waals surface area (Å²) in [6.45, 7) is -3.01. The number of alkyl halides is 2. The van der Waals surface area contributed by atoms with Crippen molar-refractivity contribution in [3.05, 3.63) is 29.3 Å². The monoisotopic (exact) mass is 283 g/mol. The lowest BCUT2D eigenvalue weighted by Crippen LogP contribution is -2.04. The van der Waals surface area contributed by atoms with E-state index in [0.717, 1.165) is 7.11 Å². The van der Waals surface area contributed by atoms with Crippen LogP contribution >= 0.6 is 0 Å². The number of carbonyl (C=O) groups excluding carboxylic acids is 1. The molecule has 1 rings (SSSR count). The van der Waals surface area contributed by atoms with Crippen LogP contribution in [0.25, 0.3) is 6.08 Å². The average molecular weight is 283 g/mol. The normalized spacial score (nSPS) is 10.9. The highest BCUT2D eigenvalue weighted by Gasteiger charge is 2.13. The van der Waals surface area contributed by atoms with E-state index < -0.39 is 12.6 Å². The van der Waals surface area contributed by atoms with Gasteiger partial charge in [-0.3, -0.25) is 0 Å². The molecule has 1 aromatic rings. The van der Waals surface area contributed by atoms with Crippen molar-refractivity contribution in [2.24, 2.45) is 0 Å². The highest BCUT2D eigenvalue weighted by Crippen LogP contribution is 2.30. The van der Waals surface area contributed by atoms with Crippen LogP contribution in [0.15, 0.2) is 23.8 Å². The summed E-state index contributed by atoms with van der Waals surface area (Å²) in [5, 5.41) is 8.81. The van der Waals surface area contributed by atoms with Gasteiger partial charge in [0.25, 0.3) is 0 Å². The maximum Gasteiger partial charge on any atom is 0.387 e. The molecule has 0 heterocycles. The molecule has 0 saturated carbocycles. The summed E-state index contributed by atoms with van der Waals surface area (Å²) in [6.07, 6.45) is 1.20. The van der Waals surface area contributed by atoms with Crippen molar-refractivity contribution in [2.75, 3.05) is 14.2 Å². The molecule has 0 aliphatic carbocycles. The first-order chi connectivity index (χ1) is 9.51. The minimum Gasteiger partial charge on any atom is -0.493 e. The van der Waals surface area contributed by atoms with Gasteiger partial charge in [-0.15, -0.1) is 0 Å². The number of methoxy groups -OCH3 is 2. The lowest BCUT2D eigenvalue weighted by Gasteiger charge is -2.10. The molecule has 0 fully saturated rings. The second-order valence-electron chi connectivity index (χ2n) is 3.45. The van der Waals surface area contributed by atoms with Gasteiger partial charge in [0.15, 0.2) is 11.5 Å². The van der Waals surface area contributed by atoms with E-state index in [1.807, 2.05) is 0 Å². The standard InChI is InChI=1S/C13H11F2NO4/c1-18-10-4-3-8(6-11(10)20-13(14)15)5-9(7-16)12(17)19-2/h3-6,13H,1-2H3/b9-5+. The Morgan fingerprint density at radius 2 is 2.05 bits per heavy atom. The van der Waals surface area contributed by atoms with Crippen molar-refractivity contribution in [1.82, 2.24) is 0 Å². The molecule has 0 aliphatic heterocycles. The van der Waals surface area contributed by atoms with Crippen LogP contribution in [0, 0.1) is 11.3 Å². The van der Waals surface area contributed by atoms with Crippen LogP contribution in [0.5, 0.6) is 11.5 Å². The summed E-state index contributed by atoms with van der Waals surface area (Å²) in [6, 6.07) is 5.75. The maximum absolute atomic E-state index is 12.3. The lowest BCUT2D eigenvalue weighted by atomic mass is 10.1. The van der Waals surface area contributed by atoms with Crippen molar-refractivity contribution in [3.63, 3.8) is 0 Å². The Morgan fingerprint density at radius 1 is 1.35 bits per heavy atom. The molecular formula is C13H11F2NO4. The number of nitrogens with zero attached hydrogens (tertiary/aromatic N) is 1. The van der Waals surface area contributed by atoms with Crippen LogP contribution < -0.4 is 9.47 Å². The van der Waals surface area contributed by atoms with Crippen LogP contribution in [-0.2, 0) is 9.53 Å². The van der Waals surface area contributed by atoms with Gasteiger partial charge in [0.05, 0.1) is 14.2 Å². The minimum absolute atomic E-state index is 0.110. The molecule has 5 nitrogen and oxygen atoms in total.